The fourth-order valence-corrected chi connectivity index (χ4v) is 8.42. The van der Waals surface area contributed by atoms with Gasteiger partial charge in [-0.15, -0.1) is 0 Å². The van der Waals surface area contributed by atoms with Crippen molar-refractivity contribution in [2.75, 3.05) is 13.2 Å². The summed E-state index contributed by atoms with van der Waals surface area (Å²) in [5, 5.41) is 56.7. The average molecular weight is 974 g/mol. The van der Waals surface area contributed by atoms with Crippen LogP contribution in [-0.4, -0.2) is 99.6 Å². The monoisotopic (exact) mass is 974 g/mol. The first-order valence-electron chi connectivity index (χ1n) is 28.1. The van der Waals surface area contributed by atoms with Crippen LogP contribution >= 0.6 is 0 Å². The van der Waals surface area contributed by atoms with Gasteiger partial charge in [-0.1, -0.05) is 204 Å². The van der Waals surface area contributed by atoms with Gasteiger partial charge >= 0.3 is 5.97 Å². The lowest BCUT2D eigenvalue weighted by Crippen LogP contribution is -2.61. The molecule has 0 spiro atoms. The normalized spacial score (nSPS) is 20.3. The minimum absolute atomic E-state index is 0.0946. The molecular weight excluding hydrogens is 871 g/mol. The molecule has 1 aliphatic heterocycles. The van der Waals surface area contributed by atoms with E-state index in [0.717, 1.165) is 83.5 Å². The highest BCUT2D eigenvalue weighted by Gasteiger charge is 2.47. The number of nitrogens with one attached hydrogen (secondary N) is 1. The first kappa shape index (κ1) is 64.4. The summed E-state index contributed by atoms with van der Waals surface area (Å²) in [5.74, 6) is -1.24. The summed E-state index contributed by atoms with van der Waals surface area (Å²) in [6, 6.07) is -1.04. The molecule has 6 N–H and O–H groups in total. The van der Waals surface area contributed by atoms with Gasteiger partial charge < -0.3 is 45.1 Å². The Labute approximate surface area is 420 Å². The van der Waals surface area contributed by atoms with Crippen molar-refractivity contribution in [2.24, 2.45) is 0 Å². The van der Waals surface area contributed by atoms with Gasteiger partial charge in [0.05, 0.1) is 25.4 Å². The quantitative estimate of drug-likeness (QED) is 0.0196. The average Bonchev–Trinajstić information content (AvgIpc) is 3.34. The lowest BCUT2D eigenvalue weighted by Gasteiger charge is -2.41. The van der Waals surface area contributed by atoms with E-state index in [-0.39, 0.29) is 19.4 Å². The molecule has 1 rings (SSSR count). The molecule has 8 unspecified atom stereocenters. The standard InChI is InChI=1S/C58H103NO10/c1-4-7-10-13-16-19-22-25-28-31-34-37-40-43-46-53(63)69-56-55(65)54(64)52(47-60)68-58(56)67-48-49(50(61)44-41-38-35-32-29-26-23-20-17-14-11-8-5-2)59-57(66)51(62)45-42-39-36-33-30-27-24-21-18-15-12-9-6-3/h7,10,16,19,25,28,30,33,41,44,49-52,54-56,58,60-62,64-65H,4-6,8-9,11-15,17-18,20-24,26-27,29,31-32,34-40,42-43,45-48H2,1-3H3,(H,59,66)/b10-7+,19-16+,28-25+,33-30-,44-41+. The molecule has 0 radical (unpaired) electrons. The number of hydrogen-bond donors (Lipinski definition) is 6. The van der Waals surface area contributed by atoms with E-state index in [0.29, 0.717) is 12.8 Å². The maximum atomic E-state index is 13.3. The molecule has 1 saturated heterocycles. The second-order valence-corrected chi connectivity index (χ2v) is 19.3. The number of aliphatic hydroxyl groups excluding tert-OH is 5. The molecule has 69 heavy (non-hydrogen) atoms. The van der Waals surface area contributed by atoms with Gasteiger partial charge in [-0.05, 0) is 83.5 Å². The lowest BCUT2D eigenvalue weighted by molar-refractivity contribution is -0.305. The third kappa shape index (κ3) is 35.2. The molecule has 0 aliphatic carbocycles. The van der Waals surface area contributed by atoms with Crippen LogP contribution < -0.4 is 5.32 Å². The van der Waals surface area contributed by atoms with Crippen LogP contribution in [0.25, 0.3) is 0 Å². The van der Waals surface area contributed by atoms with Crippen LogP contribution in [0.3, 0.4) is 0 Å². The number of allylic oxidation sites excluding steroid dienone is 9. The van der Waals surface area contributed by atoms with Crippen molar-refractivity contribution in [3.63, 3.8) is 0 Å². The number of amides is 1. The summed E-state index contributed by atoms with van der Waals surface area (Å²) in [4.78, 5) is 26.4. The summed E-state index contributed by atoms with van der Waals surface area (Å²) in [7, 11) is 0. The molecule has 1 aliphatic rings. The fourth-order valence-electron chi connectivity index (χ4n) is 8.42. The summed E-state index contributed by atoms with van der Waals surface area (Å²) >= 11 is 0. The van der Waals surface area contributed by atoms with Crippen LogP contribution in [0.2, 0.25) is 0 Å². The zero-order valence-electron chi connectivity index (χ0n) is 43.9. The van der Waals surface area contributed by atoms with E-state index in [2.05, 4.69) is 74.7 Å². The number of carbonyl (C=O) groups excluding carboxylic acids is 2. The summed E-state index contributed by atoms with van der Waals surface area (Å²) in [5.41, 5.74) is 0. The second-order valence-electron chi connectivity index (χ2n) is 19.3. The topological polar surface area (TPSA) is 175 Å². The van der Waals surface area contributed by atoms with Crippen LogP contribution in [0, 0.1) is 0 Å². The predicted molar refractivity (Wildman–Crippen MR) is 283 cm³/mol. The highest BCUT2D eigenvalue weighted by atomic mass is 16.7. The molecule has 1 fully saturated rings. The van der Waals surface area contributed by atoms with Crippen LogP contribution in [-0.2, 0) is 23.8 Å². The molecule has 0 aromatic rings. The van der Waals surface area contributed by atoms with E-state index in [1.807, 2.05) is 6.08 Å². The maximum absolute atomic E-state index is 13.3. The van der Waals surface area contributed by atoms with Gasteiger partial charge in [0.15, 0.2) is 12.4 Å². The molecule has 0 aromatic carbocycles. The summed E-state index contributed by atoms with van der Waals surface area (Å²) < 4.78 is 17.5. The largest absolute Gasteiger partial charge is 0.454 e. The zero-order valence-corrected chi connectivity index (χ0v) is 43.9. The van der Waals surface area contributed by atoms with E-state index in [1.54, 1.807) is 6.08 Å². The third-order valence-electron chi connectivity index (χ3n) is 12.9. The number of unbranched alkanes of at least 4 members (excludes halogenated alkanes) is 24. The Hall–Kier alpha value is -2.64. The number of hydrogen-bond acceptors (Lipinski definition) is 10. The van der Waals surface area contributed by atoms with Gasteiger partial charge in [0.25, 0.3) is 0 Å². The molecule has 0 saturated carbocycles. The Balaban J connectivity index is 2.79. The van der Waals surface area contributed by atoms with E-state index < -0.39 is 67.4 Å². The molecule has 8 atom stereocenters. The van der Waals surface area contributed by atoms with Crippen molar-refractivity contribution in [2.45, 2.75) is 282 Å². The van der Waals surface area contributed by atoms with Crippen molar-refractivity contribution in [3.05, 3.63) is 60.8 Å². The molecule has 11 nitrogen and oxygen atoms in total. The highest BCUT2D eigenvalue weighted by Crippen LogP contribution is 2.26. The molecule has 1 heterocycles. The highest BCUT2D eigenvalue weighted by molar-refractivity contribution is 5.80. The van der Waals surface area contributed by atoms with E-state index in [1.165, 1.54) is 103 Å². The maximum Gasteiger partial charge on any atom is 0.306 e. The van der Waals surface area contributed by atoms with Crippen LogP contribution in [0.4, 0.5) is 0 Å². The second kappa shape index (κ2) is 46.4. The minimum Gasteiger partial charge on any atom is -0.454 e. The Kier molecular flexibility index (Phi) is 43.3. The number of ether oxygens (including phenoxy) is 3. The van der Waals surface area contributed by atoms with Gasteiger partial charge in [-0.25, -0.2) is 0 Å². The van der Waals surface area contributed by atoms with Gasteiger partial charge in [0.2, 0.25) is 5.91 Å². The molecular formula is C58H103NO10. The Morgan fingerprint density at radius 2 is 1.04 bits per heavy atom. The van der Waals surface area contributed by atoms with Gasteiger partial charge in [-0.3, -0.25) is 9.59 Å². The number of carbonyl (C=O) groups is 2. The minimum atomic E-state index is -1.63. The fraction of sp³-hybridized carbons (Fsp3) is 0.793. The van der Waals surface area contributed by atoms with Gasteiger partial charge in [0.1, 0.15) is 24.4 Å². The van der Waals surface area contributed by atoms with Gasteiger partial charge in [0, 0.05) is 6.42 Å². The molecule has 0 aromatic heterocycles. The number of aliphatic hydroxyl groups is 5. The van der Waals surface area contributed by atoms with Crippen LogP contribution in [0.15, 0.2) is 60.8 Å². The Morgan fingerprint density at radius 3 is 1.58 bits per heavy atom. The van der Waals surface area contributed by atoms with E-state index >= 15 is 0 Å². The van der Waals surface area contributed by atoms with E-state index in [4.69, 9.17) is 14.2 Å². The first-order chi connectivity index (χ1) is 33.7. The van der Waals surface area contributed by atoms with Crippen molar-refractivity contribution < 1.29 is 49.3 Å². The summed E-state index contributed by atoms with van der Waals surface area (Å²) in [6.07, 6.45) is 45.5. The summed E-state index contributed by atoms with van der Waals surface area (Å²) in [6.45, 7) is 5.63. The van der Waals surface area contributed by atoms with Gasteiger partial charge in [-0.2, -0.15) is 0 Å². The zero-order chi connectivity index (χ0) is 50.4. The molecule has 0 bridgehead atoms. The third-order valence-corrected chi connectivity index (χ3v) is 12.9. The molecule has 11 heteroatoms. The Bertz CT molecular complexity index is 1350. The van der Waals surface area contributed by atoms with E-state index in [9.17, 15) is 35.1 Å². The number of rotatable bonds is 46. The predicted octanol–water partition coefficient (Wildman–Crippen LogP) is 12.3. The van der Waals surface area contributed by atoms with Crippen LogP contribution in [0.1, 0.15) is 233 Å². The Morgan fingerprint density at radius 1 is 0.580 bits per heavy atom. The van der Waals surface area contributed by atoms with Crippen molar-refractivity contribution in [1.82, 2.24) is 5.32 Å². The van der Waals surface area contributed by atoms with Crippen molar-refractivity contribution in [1.29, 1.82) is 0 Å². The van der Waals surface area contributed by atoms with Crippen molar-refractivity contribution >= 4 is 11.9 Å². The molecule has 1 amide bonds. The first-order valence-corrected chi connectivity index (χ1v) is 28.1. The lowest BCUT2D eigenvalue weighted by atomic mass is 9.99. The van der Waals surface area contributed by atoms with Crippen LogP contribution in [0.5, 0.6) is 0 Å². The smallest absolute Gasteiger partial charge is 0.306 e. The number of esters is 1. The SMILES string of the molecule is CC/C=C/C/C=C/C/C=C/CCCCCCC(=O)OC1C(OCC(NC(=O)C(O)CCCC/C=C\CCCCCCCCC)C(O)/C=C/CCCCCCCCCCCCC)OC(CO)C(O)C1O. The van der Waals surface area contributed by atoms with Crippen molar-refractivity contribution in [3.8, 4) is 0 Å². The molecule has 400 valence electrons.